The van der Waals surface area contributed by atoms with E-state index in [2.05, 4.69) is 0 Å². The molecule has 0 aliphatic heterocycles. The van der Waals surface area contributed by atoms with Crippen molar-refractivity contribution in [2.45, 2.75) is 6.92 Å². The molecule has 18 heavy (non-hydrogen) atoms. The fourth-order valence-corrected chi connectivity index (χ4v) is 1.67. The summed E-state index contributed by atoms with van der Waals surface area (Å²) in [6.07, 6.45) is 0. The Morgan fingerprint density at radius 1 is 1.39 bits per heavy atom. The molecule has 0 unspecified atom stereocenters. The summed E-state index contributed by atoms with van der Waals surface area (Å²) in [5, 5.41) is 0. The molecule has 0 bridgehead atoms. The third-order valence-corrected chi connectivity index (χ3v) is 2.69. The molecule has 1 rings (SSSR count). The summed E-state index contributed by atoms with van der Waals surface area (Å²) in [7, 11) is 3.15. The average molecular weight is 252 g/mol. The van der Waals surface area contributed by atoms with Crippen LogP contribution in [0.3, 0.4) is 0 Å². The van der Waals surface area contributed by atoms with E-state index in [0.29, 0.717) is 36.7 Å². The van der Waals surface area contributed by atoms with Gasteiger partial charge in [-0.05, 0) is 25.1 Å². The first-order valence-corrected chi connectivity index (χ1v) is 5.85. The van der Waals surface area contributed by atoms with E-state index < -0.39 is 0 Å². The van der Waals surface area contributed by atoms with Gasteiger partial charge >= 0.3 is 0 Å². The third-order valence-electron chi connectivity index (χ3n) is 2.69. The monoisotopic (exact) mass is 252 g/mol. The molecule has 2 N–H and O–H groups in total. The molecule has 1 amide bonds. The zero-order valence-electron chi connectivity index (χ0n) is 11.1. The first kappa shape index (κ1) is 14.3. The molecule has 100 valence electrons. The highest BCUT2D eigenvalue weighted by Crippen LogP contribution is 2.22. The SMILES string of the molecule is CCN(CCOC)C(=O)c1cc(N)ccc1OC. The number of nitrogens with zero attached hydrogens (tertiary/aromatic N) is 1. The number of nitrogens with two attached hydrogens (primary N) is 1. The summed E-state index contributed by atoms with van der Waals surface area (Å²) in [6.45, 7) is 3.58. The second-order valence-corrected chi connectivity index (χ2v) is 3.84. The minimum atomic E-state index is -0.0984. The van der Waals surface area contributed by atoms with Crippen LogP contribution in [0.5, 0.6) is 5.75 Å². The molecule has 0 heterocycles. The number of likely N-dealkylation sites (N-methyl/N-ethyl adjacent to an activating group) is 1. The highest BCUT2D eigenvalue weighted by molar-refractivity contribution is 5.97. The molecule has 0 atom stereocenters. The van der Waals surface area contributed by atoms with E-state index in [4.69, 9.17) is 15.2 Å². The van der Waals surface area contributed by atoms with E-state index in [1.807, 2.05) is 6.92 Å². The fourth-order valence-electron chi connectivity index (χ4n) is 1.67. The van der Waals surface area contributed by atoms with Crippen molar-refractivity contribution in [1.29, 1.82) is 0 Å². The van der Waals surface area contributed by atoms with Crippen molar-refractivity contribution in [3.05, 3.63) is 23.8 Å². The van der Waals surface area contributed by atoms with Crippen molar-refractivity contribution in [2.75, 3.05) is 39.6 Å². The first-order valence-electron chi connectivity index (χ1n) is 5.85. The smallest absolute Gasteiger partial charge is 0.257 e. The van der Waals surface area contributed by atoms with Crippen LogP contribution < -0.4 is 10.5 Å². The van der Waals surface area contributed by atoms with Gasteiger partial charge in [-0.3, -0.25) is 4.79 Å². The van der Waals surface area contributed by atoms with Gasteiger partial charge < -0.3 is 20.1 Å². The van der Waals surface area contributed by atoms with Crippen LogP contribution in [0.4, 0.5) is 5.69 Å². The van der Waals surface area contributed by atoms with Gasteiger partial charge in [0.25, 0.3) is 5.91 Å². The van der Waals surface area contributed by atoms with Crippen LogP contribution >= 0.6 is 0 Å². The number of hydrogen-bond acceptors (Lipinski definition) is 4. The third kappa shape index (κ3) is 3.37. The summed E-state index contributed by atoms with van der Waals surface area (Å²) in [6, 6.07) is 5.05. The number of anilines is 1. The van der Waals surface area contributed by atoms with Gasteiger partial charge in [-0.15, -0.1) is 0 Å². The van der Waals surface area contributed by atoms with Crippen LogP contribution in [0.15, 0.2) is 18.2 Å². The number of amides is 1. The number of benzene rings is 1. The summed E-state index contributed by atoms with van der Waals surface area (Å²) in [5.41, 5.74) is 6.74. The Morgan fingerprint density at radius 3 is 2.67 bits per heavy atom. The Bertz CT molecular complexity index is 407. The number of ether oxygens (including phenoxy) is 2. The second kappa shape index (κ2) is 6.86. The van der Waals surface area contributed by atoms with Crippen LogP contribution in [-0.2, 0) is 4.74 Å². The molecule has 0 fully saturated rings. The van der Waals surface area contributed by atoms with Crippen LogP contribution in [0.1, 0.15) is 17.3 Å². The van der Waals surface area contributed by atoms with Gasteiger partial charge in [0.2, 0.25) is 0 Å². The standard InChI is InChI=1S/C13H20N2O3/c1-4-15(7-8-17-2)13(16)11-9-10(14)5-6-12(11)18-3/h5-6,9H,4,7-8,14H2,1-3H3. The molecule has 0 saturated carbocycles. The minimum Gasteiger partial charge on any atom is -0.496 e. The summed E-state index contributed by atoms with van der Waals surface area (Å²) in [5.74, 6) is 0.434. The molecule has 0 aliphatic carbocycles. The Balaban J connectivity index is 2.96. The largest absolute Gasteiger partial charge is 0.496 e. The minimum absolute atomic E-state index is 0.0984. The molecule has 0 saturated heterocycles. The van der Waals surface area contributed by atoms with Crippen molar-refractivity contribution < 1.29 is 14.3 Å². The van der Waals surface area contributed by atoms with Gasteiger partial charge in [-0.25, -0.2) is 0 Å². The van der Waals surface area contributed by atoms with Crippen LogP contribution in [0, 0.1) is 0 Å². The van der Waals surface area contributed by atoms with Gasteiger partial charge in [-0.2, -0.15) is 0 Å². The maximum absolute atomic E-state index is 12.3. The van der Waals surface area contributed by atoms with Gasteiger partial charge in [0.1, 0.15) is 5.75 Å². The Kier molecular flexibility index (Phi) is 5.45. The maximum Gasteiger partial charge on any atom is 0.257 e. The van der Waals surface area contributed by atoms with Gasteiger partial charge in [0.15, 0.2) is 0 Å². The molecular formula is C13H20N2O3. The number of carbonyl (C=O) groups is 1. The lowest BCUT2D eigenvalue weighted by Gasteiger charge is -2.21. The molecule has 5 heteroatoms. The maximum atomic E-state index is 12.3. The lowest BCUT2D eigenvalue weighted by atomic mass is 10.1. The second-order valence-electron chi connectivity index (χ2n) is 3.84. The highest BCUT2D eigenvalue weighted by atomic mass is 16.5. The van der Waals surface area contributed by atoms with Crippen molar-refractivity contribution in [3.8, 4) is 5.75 Å². The van der Waals surface area contributed by atoms with Crippen molar-refractivity contribution in [3.63, 3.8) is 0 Å². The van der Waals surface area contributed by atoms with E-state index >= 15 is 0 Å². The zero-order valence-corrected chi connectivity index (χ0v) is 11.1. The molecule has 1 aromatic carbocycles. The predicted molar refractivity (Wildman–Crippen MR) is 70.9 cm³/mol. The Morgan fingerprint density at radius 2 is 2.11 bits per heavy atom. The Hall–Kier alpha value is -1.75. The number of rotatable bonds is 6. The number of nitrogen functional groups attached to an aromatic ring is 1. The predicted octanol–water partition coefficient (Wildman–Crippen LogP) is 1.39. The topological polar surface area (TPSA) is 64.8 Å². The van der Waals surface area contributed by atoms with E-state index in [9.17, 15) is 4.79 Å². The molecular weight excluding hydrogens is 232 g/mol. The lowest BCUT2D eigenvalue weighted by Crippen LogP contribution is -2.34. The molecule has 1 aromatic rings. The van der Waals surface area contributed by atoms with E-state index in [1.165, 1.54) is 7.11 Å². The quantitative estimate of drug-likeness (QED) is 0.777. The Labute approximate surface area is 107 Å². The van der Waals surface area contributed by atoms with Gasteiger partial charge in [0, 0.05) is 25.9 Å². The lowest BCUT2D eigenvalue weighted by molar-refractivity contribution is 0.0703. The summed E-state index contributed by atoms with van der Waals surface area (Å²) < 4.78 is 10.2. The average Bonchev–Trinajstić information content (AvgIpc) is 2.39. The van der Waals surface area contributed by atoms with Gasteiger partial charge in [0.05, 0.1) is 19.3 Å². The fraction of sp³-hybridized carbons (Fsp3) is 0.462. The normalized spacial score (nSPS) is 10.2. The van der Waals surface area contributed by atoms with Gasteiger partial charge in [-0.1, -0.05) is 0 Å². The van der Waals surface area contributed by atoms with E-state index in [0.717, 1.165) is 0 Å². The number of hydrogen-bond donors (Lipinski definition) is 1. The molecule has 0 aromatic heterocycles. The molecule has 0 spiro atoms. The summed E-state index contributed by atoms with van der Waals surface area (Å²) in [4.78, 5) is 14.0. The molecule has 5 nitrogen and oxygen atoms in total. The van der Waals surface area contributed by atoms with E-state index in [-0.39, 0.29) is 5.91 Å². The number of methoxy groups -OCH3 is 2. The first-order chi connectivity index (χ1) is 8.63. The van der Waals surface area contributed by atoms with Crippen LogP contribution in [0.25, 0.3) is 0 Å². The van der Waals surface area contributed by atoms with Crippen molar-refractivity contribution >= 4 is 11.6 Å². The van der Waals surface area contributed by atoms with Crippen LogP contribution in [0.2, 0.25) is 0 Å². The highest BCUT2D eigenvalue weighted by Gasteiger charge is 2.18. The number of carbonyl (C=O) groups excluding carboxylic acids is 1. The molecule has 0 aliphatic rings. The van der Waals surface area contributed by atoms with E-state index in [1.54, 1.807) is 30.2 Å². The van der Waals surface area contributed by atoms with Crippen molar-refractivity contribution in [1.82, 2.24) is 4.90 Å². The van der Waals surface area contributed by atoms with Crippen LogP contribution in [-0.4, -0.2) is 44.7 Å². The van der Waals surface area contributed by atoms with Crippen molar-refractivity contribution in [2.24, 2.45) is 0 Å². The zero-order chi connectivity index (χ0) is 13.5. The summed E-state index contributed by atoms with van der Waals surface area (Å²) >= 11 is 0. The molecule has 0 radical (unpaired) electrons.